The number of hydrogen-bond donors (Lipinski definition) is 2. The molecule has 0 aliphatic heterocycles. The number of nitriles is 1. The minimum Gasteiger partial charge on any atom is -0.398 e. The van der Waals surface area contributed by atoms with E-state index in [0.717, 1.165) is 0 Å². The predicted octanol–water partition coefficient (Wildman–Crippen LogP) is 0.361. The lowest BCUT2D eigenvalue weighted by Gasteiger charge is -2.07. The molecule has 0 bridgehead atoms. The molecule has 0 fully saturated rings. The molecule has 0 aliphatic rings. The van der Waals surface area contributed by atoms with Crippen LogP contribution in [0.25, 0.3) is 0 Å². The van der Waals surface area contributed by atoms with Crippen LogP contribution in [0.1, 0.15) is 11.5 Å². The number of benzene rings is 1. The van der Waals surface area contributed by atoms with Crippen LogP contribution in [-0.2, 0) is 4.79 Å². The van der Waals surface area contributed by atoms with Crippen molar-refractivity contribution in [2.75, 3.05) is 5.73 Å². The van der Waals surface area contributed by atoms with Gasteiger partial charge in [-0.25, -0.2) is 0 Å². The lowest BCUT2D eigenvalue weighted by molar-refractivity contribution is -0.118. The van der Waals surface area contributed by atoms with Crippen molar-refractivity contribution in [1.29, 1.82) is 5.26 Å². The molecule has 66 valence electrons. The molecule has 0 aromatic heterocycles. The van der Waals surface area contributed by atoms with E-state index in [1.165, 1.54) is 0 Å². The molecule has 1 unspecified atom stereocenters. The van der Waals surface area contributed by atoms with E-state index in [-0.39, 0.29) is 0 Å². The van der Waals surface area contributed by atoms with E-state index in [1.807, 2.05) is 0 Å². The number of para-hydroxylation sites is 1. The number of anilines is 1. The Kier molecular flexibility index (Phi) is 2.50. The molecule has 1 amide bonds. The molecule has 0 saturated carbocycles. The van der Waals surface area contributed by atoms with Crippen molar-refractivity contribution in [2.45, 2.75) is 5.92 Å². The first-order valence-corrected chi connectivity index (χ1v) is 3.70. The van der Waals surface area contributed by atoms with Crippen molar-refractivity contribution in [2.24, 2.45) is 5.73 Å². The molecular formula is C9H9N3O. The van der Waals surface area contributed by atoms with Crippen molar-refractivity contribution < 1.29 is 4.79 Å². The Bertz CT molecular complexity index is 367. The molecule has 1 aromatic rings. The molecule has 0 spiro atoms. The number of nitrogen functional groups attached to an aromatic ring is 1. The van der Waals surface area contributed by atoms with Crippen molar-refractivity contribution >= 4 is 11.6 Å². The number of carbonyl (C=O) groups excluding carboxylic acids is 1. The van der Waals surface area contributed by atoms with Gasteiger partial charge in [-0.1, -0.05) is 18.2 Å². The Labute approximate surface area is 75.8 Å². The lowest BCUT2D eigenvalue weighted by atomic mass is 9.98. The van der Waals surface area contributed by atoms with Crippen LogP contribution in [0.5, 0.6) is 0 Å². The average molecular weight is 175 g/mol. The van der Waals surface area contributed by atoms with Crippen LogP contribution in [0.3, 0.4) is 0 Å². The maximum absolute atomic E-state index is 10.8. The number of hydrogen-bond acceptors (Lipinski definition) is 3. The first kappa shape index (κ1) is 9.07. The smallest absolute Gasteiger partial charge is 0.239 e. The monoisotopic (exact) mass is 175 g/mol. The van der Waals surface area contributed by atoms with E-state index in [4.69, 9.17) is 16.7 Å². The van der Waals surface area contributed by atoms with Gasteiger partial charge < -0.3 is 11.5 Å². The Morgan fingerprint density at radius 2 is 2.08 bits per heavy atom. The number of carbonyl (C=O) groups is 1. The zero-order chi connectivity index (χ0) is 9.84. The molecule has 13 heavy (non-hydrogen) atoms. The van der Waals surface area contributed by atoms with Gasteiger partial charge in [0.2, 0.25) is 5.91 Å². The van der Waals surface area contributed by atoms with Crippen LogP contribution in [0.15, 0.2) is 24.3 Å². The van der Waals surface area contributed by atoms with Gasteiger partial charge in [0, 0.05) is 11.3 Å². The van der Waals surface area contributed by atoms with E-state index in [0.29, 0.717) is 11.3 Å². The number of amides is 1. The third kappa shape index (κ3) is 1.76. The second-order valence-corrected chi connectivity index (χ2v) is 2.59. The standard InChI is InChI=1S/C9H9N3O/c10-5-7(9(12)13)6-3-1-2-4-8(6)11/h1-4,7H,11H2,(H2,12,13). The molecule has 4 nitrogen and oxygen atoms in total. The molecular weight excluding hydrogens is 166 g/mol. The first-order valence-electron chi connectivity index (χ1n) is 3.70. The molecule has 0 heterocycles. The Balaban J connectivity index is 3.14. The van der Waals surface area contributed by atoms with Crippen LogP contribution in [0.4, 0.5) is 5.69 Å². The summed E-state index contributed by atoms with van der Waals surface area (Å²) in [4.78, 5) is 10.8. The SMILES string of the molecule is N#CC(C(N)=O)c1ccccc1N. The van der Waals surface area contributed by atoms with Gasteiger partial charge in [-0.05, 0) is 6.07 Å². The van der Waals surface area contributed by atoms with Crippen LogP contribution in [-0.4, -0.2) is 5.91 Å². The average Bonchev–Trinajstić information content (AvgIpc) is 2.09. The second-order valence-electron chi connectivity index (χ2n) is 2.59. The zero-order valence-electron chi connectivity index (χ0n) is 6.90. The van der Waals surface area contributed by atoms with Crippen molar-refractivity contribution in [3.8, 4) is 6.07 Å². The molecule has 0 radical (unpaired) electrons. The van der Waals surface area contributed by atoms with Crippen molar-refractivity contribution in [3.05, 3.63) is 29.8 Å². The number of primary amides is 1. The van der Waals surface area contributed by atoms with Gasteiger partial charge in [0.15, 0.2) is 5.92 Å². The highest BCUT2D eigenvalue weighted by Crippen LogP contribution is 2.20. The van der Waals surface area contributed by atoms with Gasteiger partial charge in [0.1, 0.15) is 0 Å². The highest BCUT2D eigenvalue weighted by Gasteiger charge is 2.18. The summed E-state index contributed by atoms with van der Waals surface area (Å²) < 4.78 is 0. The lowest BCUT2D eigenvalue weighted by Crippen LogP contribution is -2.20. The van der Waals surface area contributed by atoms with Crippen LogP contribution < -0.4 is 11.5 Å². The second kappa shape index (κ2) is 3.59. The van der Waals surface area contributed by atoms with E-state index in [1.54, 1.807) is 30.3 Å². The topological polar surface area (TPSA) is 92.9 Å². The van der Waals surface area contributed by atoms with E-state index in [9.17, 15) is 4.79 Å². The summed E-state index contributed by atoms with van der Waals surface area (Å²) in [5, 5.41) is 8.67. The van der Waals surface area contributed by atoms with E-state index >= 15 is 0 Å². The third-order valence-electron chi connectivity index (χ3n) is 1.72. The van der Waals surface area contributed by atoms with Gasteiger partial charge >= 0.3 is 0 Å². The minimum absolute atomic E-state index is 0.410. The van der Waals surface area contributed by atoms with Crippen molar-refractivity contribution in [1.82, 2.24) is 0 Å². The fourth-order valence-electron chi connectivity index (χ4n) is 1.06. The molecule has 0 aliphatic carbocycles. The quantitative estimate of drug-likeness (QED) is 0.635. The zero-order valence-corrected chi connectivity index (χ0v) is 6.90. The summed E-state index contributed by atoms with van der Waals surface area (Å²) in [5.74, 6) is -1.64. The summed E-state index contributed by atoms with van der Waals surface area (Å²) in [6, 6.07) is 8.49. The first-order chi connectivity index (χ1) is 6.16. The summed E-state index contributed by atoms with van der Waals surface area (Å²) in [6.45, 7) is 0. The number of nitrogens with two attached hydrogens (primary N) is 2. The van der Waals surface area contributed by atoms with E-state index in [2.05, 4.69) is 0 Å². The Morgan fingerprint density at radius 3 is 2.54 bits per heavy atom. The Hall–Kier alpha value is -2.02. The van der Waals surface area contributed by atoms with Gasteiger partial charge in [-0.15, -0.1) is 0 Å². The summed E-state index contributed by atoms with van der Waals surface area (Å²) >= 11 is 0. The highest BCUT2D eigenvalue weighted by molar-refractivity contribution is 5.86. The van der Waals surface area contributed by atoms with Crippen LogP contribution in [0, 0.1) is 11.3 Å². The molecule has 1 atom stereocenters. The molecule has 4 heteroatoms. The largest absolute Gasteiger partial charge is 0.398 e. The van der Waals surface area contributed by atoms with Crippen LogP contribution in [0.2, 0.25) is 0 Å². The Morgan fingerprint density at radius 1 is 1.46 bits per heavy atom. The third-order valence-corrected chi connectivity index (χ3v) is 1.72. The summed E-state index contributed by atoms with van der Waals surface area (Å²) in [7, 11) is 0. The minimum atomic E-state index is -0.957. The molecule has 1 rings (SSSR count). The number of nitrogens with zero attached hydrogens (tertiary/aromatic N) is 1. The predicted molar refractivity (Wildman–Crippen MR) is 48.4 cm³/mol. The van der Waals surface area contributed by atoms with Gasteiger partial charge in [-0.3, -0.25) is 4.79 Å². The maximum Gasteiger partial charge on any atom is 0.239 e. The normalized spacial score (nSPS) is 11.6. The molecule has 0 saturated heterocycles. The summed E-state index contributed by atoms with van der Waals surface area (Å²) in [6.07, 6.45) is 0. The highest BCUT2D eigenvalue weighted by atomic mass is 16.1. The van der Waals surface area contributed by atoms with Gasteiger partial charge in [0.25, 0.3) is 0 Å². The number of rotatable bonds is 2. The fourth-order valence-corrected chi connectivity index (χ4v) is 1.06. The van der Waals surface area contributed by atoms with Gasteiger partial charge in [-0.2, -0.15) is 5.26 Å². The van der Waals surface area contributed by atoms with Crippen molar-refractivity contribution in [3.63, 3.8) is 0 Å². The molecule has 4 N–H and O–H groups in total. The van der Waals surface area contributed by atoms with E-state index < -0.39 is 11.8 Å². The maximum atomic E-state index is 10.8. The van der Waals surface area contributed by atoms with Crippen LogP contribution >= 0.6 is 0 Å². The fraction of sp³-hybridized carbons (Fsp3) is 0.111. The summed E-state index contributed by atoms with van der Waals surface area (Å²) in [5.41, 5.74) is 11.5. The van der Waals surface area contributed by atoms with Gasteiger partial charge in [0.05, 0.1) is 6.07 Å². The molecule has 1 aromatic carbocycles.